The van der Waals surface area contributed by atoms with Crippen LogP contribution in [0.2, 0.25) is 0 Å². The third kappa shape index (κ3) is 6.94. The molecule has 0 aromatic heterocycles. The van der Waals surface area contributed by atoms with Gasteiger partial charge in [0.1, 0.15) is 5.75 Å². The molecule has 1 rings (SSSR count). The lowest BCUT2D eigenvalue weighted by atomic mass is 10.0. The summed E-state index contributed by atoms with van der Waals surface area (Å²) in [6.07, 6.45) is 5.43. The highest BCUT2D eigenvalue weighted by atomic mass is 17.2. The fourth-order valence-electron chi connectivity index (χ4n) is 2.04. The number of ether oxygens (including phenoxy) is 1. The van der Waals surface area contributed by atoms with Crippen LogP contribution in [0.15, 0.2) is 24.3 Å². The highest BCUT2D eigenvalue weighted by Gasteiger charge is 2.11. The molecule has 0 radical (unpaired) electrons. The quantitative estimate of drug-likeness (QED) is 0.436. The van der Waals surface area contributed by atoms with Crippen LogP contribution in [0.3, 0.4) is 0 Å². The number of carbonyl (C=O) groups excluding carboxylic acids is 1. The molecule has 0 aliphatic carbocycles. The SMILES string of the molecule is CCCCC(CC)COOC(=O)c1ccc(OCCC)cc1. The Balaban J connectivity index is 2.35. The summed E-state index contributed by atoms with van der Waals surface area (Å²) < 4.78 is 5.47. The molecule has 0 saturated carbocycles. The van der Waals surface area contributed by atoms with Crippen LogP contribution in [0.25, 0.3) is 0 Å². The number of unbranched alkanes of at least 4 members (excludes halogenated alkanes) is 1. The summed E-state index contributed by atoms with van der Waals surface area (Å²) in [5, 5.41) is 0. The molecule has 0 amide bonds. The van der Waals surface area contributed by atoms with Crippen LogP contribution in [0.5, 0.6) is 5.75 Å². The molecular formula is C18H28O4. The van der Waals surface area contributed by atoms with Crippen molar-refractivity contribution in [2.24, 2.45) is 5.92 Å². The van der Waals surface area contributed by atoms with E-state index in [4.69, 9.17) is 14.5 Å². The van der Waals surface area contributed by atoms with Gasteiger partial charge < -0.3 is 4.74 Å². The molecule has 4 nitrogen and oxygen atoms in total. The van der Waals surface area contributed by atoms with Crippen molar-refractivity contribution in [3.05, 3.63) is 29.8 Å². The van der Waals surface area contributed by atoms with Gasteiger partial charge in [0.2, 0.25) is 0 Å². The van der Waals surface area contributed by atoms with Crippen molar-refractivity contribution in [3.8, 4) is 5.75 Å². The van der Waals surface area contributed by atoms with Crippen molar-refractivity contribution in [2.45, 2.75) is 52.9 Å². The molecule has 0 spiro atoms. The molecule has 0 fully saturated rings. The first-order valence-corrected chi connectivity index (χ1v) is 8.27. The van der Waals surface area contributed by atoms with E-state index in [-0.39, 0.29) is 0 Å². The Morgan fingerprint density at radius 1 is 1.09 bits per heavy atom. The summed E-state index contributed by atoms with van der Waals surface area (Å²) >= 11 is 0. The summed E-state index contributed by atoms with van der Waals surface area (Å²) in [4.78, 5) is 21.9. The zero-order chi connectivity index (χ0) is 16.2. The van der Waals surface area contributed by atoms with Gasteiger partial charge in [-0.1, -0.05) is 40.0 Å². The predicted molar refractivity (Wildman–Crippen MR) is 86.9 cm³/mol. The molecule has 0 heterocycles. The molecule has 0 bridgehead atoms. The molecule has 0 saturated heterocycles. The summed E-state index contributed by atoms with van der Waals surface area (Å²) in [7, 11) is 0. The van der Waals surface area contributed by atoms with Crippen molar-refractivity contribution in [3.63, 3.8) is 0 Å². The zero-order valence-electron chi connectivity index (χ0n) is 14.0. The zero-order valence-corrected chi connectivity index (χ0v) is 14.0. The van der Waals surface area contributed by atoms with Crippen molar-refractivity contribution in [2.75, 3.05) is 13.2 Å². The lowest BCUT2D eigenvalue weighted by molar-refractivity contribution is -0.249. The molecule has 1 aromatic rings. The van der Waals surface area contributed by atoms with Gasteiger partial charge in [-0.3, -0.25) is 4.89 Å². The second kappa shape index (κ2) is 11.1. The molecule has 1 aromatic carbocycles. The smallest absolute Gasteiger partial charge is 0.373 e. The number of hydrogen-bond donors (Lipinski definition) is 0. The van der Waals surface area contributed by atoms with Gasteiger partial charge in [0.25, 0.3) is 0 Å². The topological polar surface area (TPSA) is 44.8 Å². The highest BCUT2D eigenvalue weighted by Crippen LogP contribution is 2.15. The lowest BCUT2D eigenvalue weighted by Gasteiger charge is -2.13. The van der Waals surface area contributed by atoms with Crippen LogP contribution in [-0.4, -0.2) is 19.2 Å². The Morgan fingerprint density at radius 2 is 1.82 bits per heavy atom. The van der Waals surface area contributed by atoms with Crippen molar-refractivity contribution in [1.82, 2.24) is 0 Å². The van der Waals surface area contributed by atoms with Gasteiger partial charge in [0.15, 0.2) is 0 Å². The van der Waals surface area contributed by atoms with Crippen LogP contribution in [0, 0.1) is 5.92 Å². The van der Waals surface area contributed by atoms with Gasteiger partial charge in [0.05, 0.1) is 18.8 Å². The molecule has 0 N–H and O–H groups in total. The molecule has 0 aliphatic heterocycles. The second-order valence-electron chi connectivity index (χ2n) is 5.44. The minimum Gasteiger partial charge on any atom is -0.494 e. The van der Waals surface area contributed by atoms with Gasteiger partial charge in [0, 0.05) is 0 Å². The second-order valence-corrected chi connectivity index (χ2v) is 5.44. The fraction of sp³-hybridized carbons (Fsp3) is 0.611. The average Bonchev–Trinajstić information content (AvgIpc) is 2.56. The molecule has 124 valence electrons. The van der Waals surface area contributed by atoms with E-state index in [9.17, 15) is 4.79 Å². The molecular weight excluding hydrogens is 280 g/mol. The van der Waals surface area contributed by atoms with Gasteiger partial charge in [-0.15, -0.1) is 0 Å². The molecule has 0 aliphatic rings. The monoisotopic (exact) mass is 308 g/mol. The number of carbonyl (C=O) groups is 1. The maximum atomic E-state index is 11.9. The summed E-state index contributed by atoms with van der Waals surface area (Å²) in [6, 6.07) is 6.90. The third-order valence-corrected chi connectivity index (χ3v) is 3.54. The first kappa shape index (κ1) is 18.5. The largest absolute Gasteiger partial charge is 0.494 e. The van der Waals surface area contributed by atoms with E-state index in [2.05, 4.69) is 13.8 Å². The van der Waals surface area contributed by atoms with Crippen molar-refractivity contribution < 1.29 is 19.3 Å². The van der Waals surface area contributed by atoms with Gasteiger partial charge in [-0.2, -0.15) is 4.89 Å². The van der Waals surface area contributed by atoms with Crippen LogP contribution < -0.4 is 4.74 Å². The van der Waals surface area contributed by atoms with Crippen LogP contribution in [-0.2, 0) is 9.78 Å². The van der Waals surface area contributed by atoms with E-state index < -0.39 is 5.97 Å². The minimum absolute atomic E-state index is 0.442. The number of benzene rings is 1. The van der Waals surface area contributed by atoms with Crippen LogP contribution in [0.1, 0.15) is 63.2 Å². The number of hydrogen-bond acceptors (Lipinski definition) is 4. The van der Waals surface area contributed by atoms with E-state index >= 15 is 0 Å². The lowest BCUT2D eigenvalue weighted by Crippen LogP contribution is -2.13. The molecule has 1 atom stereocenters. The Hall–Kier alpha value is -1.55. The number of rotatable bonds is 11. The first-order chi connectivity index (χ1) is 10.7. The van der Waals surface area contributed by atoms with Crippen molar-refractivity contribution in [1.29, 1.82) is 0 Å². The Morgan fingerprint density at radius 3 is 2.41 bits per heavy atom. The minimum atomic E-state index is -0.465. The van der Waals surface area contributed by atoms with E-state index in [0.717, 1.165) is 25.0 Å². The standard InChI is InChI=1S/C18H28O4/c1-4-7-8-15(6-3)14-21-22-18(19)16-9-11-17(12-10-16)20-13-5-2/h9-12,15H,4-8,13-14H2,1-3H3. The third-order valence-electron chi connectivity index (χ3n) is 3.54. The first-order valence-electron chi connectivity index (χ1n) is 8.27. The van der Waals surface area contributed by atoms with E-state index in [1.54, 1.807) is 24.3 Å². The summed E-state index contributed by atoms with van der Waals surface area (Å²) in [5.74, 6) is 0.731. The molecule has 22 heavy (non-hydrogen) atoms. The highest BCUT2D eigenvalue weighted by molar-refractivity contribution is 5.89. The van der Waals surface area contributed by atoms with Crippen molar-refractivity contribution >= 4 is 5.97 Å². The molecule has 1 unspecified atom stereocenters. The summed E-state index contributed by atoms with van der Waals surface area (Å²) in [5.41, 5.74) is 0.463. The van der Waals surface area contributed by atoms with E-state index in [1.807, 2.05) is 6.92 Å². The Bertz CT molecular complexity index is 414. The van der Waals surface area contributed by atoms with Crippen LogP contribution in [0.4, 0.5) is 0 Å². The predicted octanol–water partition coefficient (Wildman–Crippen LogP) is 4.78. The summed E-state index contributed by atoms with van der Waals surface area (Å²) in [6.45, 7) is 7.47. The van der Waals surface area contributed by atoms with Gasteiger partial charge in [-0.05, 0) is 43.0 Å². The van der Waals surface area contributed by atoms with Gasteiger partial charge >= 0.3 is 5.97 Å². The van der Waals surface area contributed by atoms with Crippen LogP contribution >= 0.6 is 0 Å². The Labute approximate surface area is 133 Å². The Kier molecular flexibility index (Phi) is 9.31. The van der Waals surface area contributed by atoms with E-state index in [0.29, 0.717) is 24.7 Å². The maximum absolute atomic E-state index is 11.9. The normalized spacial score (nSPS) is 12.0. The average molecular weight is 308 g/mol. The van der Waals surface area contributed by atoms with Gasteiger partial charge in [-0.25, -0.2) is 4.79 Å². The maximum Gasteiger partial charge on any atom is 0.373 e. The van der Waals surface area contributed by atoms with E-state index in [1.165, 1.54) is 12.8 Å². The fourth-order valence-corrected chi connectivity index (χ4v) is 2.04. The molecule has 4 heteroatoms.